The molecule has 1 saturated carbocycles. The summed E-state index contributed by atoms with van der Waals surface area (Å²) in [5, 5.41) is 12.8. The van der Waals surface area contributed by atoms with E-state index in [0.29, 0.717) is 4.47 Å². The number of hydrogen-bond donors (Lipinski definition) is 2. The predicted octanol–water partition coefficient (Wildman–Crippen LogP) is 2.91. The summed E-state index contributed by atoms with van der Waals surface area (Å²) in [7, 11) is 0. The summed E-state index contributed by atoms with van der Waals surface area (Å²) in [6, 6.07) is 4.89. The molecule has 0 spiro atoms. The lowest BCUT2D eigenvalue weighted by molar-refractivity contribution is 0.172. The molecule has 0 saturated heterocycles. The summed E-state index contributed by atoms with van der Waals surface area (Å²) in [5.41, 5.74) is 0.842. The molecule has 4 heteroatoms. The van der Waals surface area contributed by atoms with Crippen LogP contribution in [0.5, 0.6) is 0 Å². The lowest BCUT2D eigenvalue weighted by Crippen LogP contribution is -2.27. The van der Waals surface area contributed by atoms with Crippen molar-refractivity contribution in [3.63, 3.8) is 0 Å². The minimum atomic E-state index is -0.283. The van der Waals surface area contributed by atoms with Crippen LogP contribution in [0.15, 0.2) is 22.7 Å². The Bertz CT molecular complexity index is 358. The molecule has 0 unspecified atom stereocenters. The van der Waals surface area contributed by atoms with Gasteiger partial charge in [0.25, 0.3) is 0 Å². The van der Waals surface area contributed by atoms with E-state index in [1.54, 1.807) is 12.1 Å². The summed E-state index contributed by atoms with van der Waals surface area (Å²) in [6.45, 7) is 0. The van der Waals surface area contributed by atoms with Crippen molar-refractivity contribution >= 4 is 21.6 Å². The quantitative estimate of drug-likeness (QED) is 0.869. The lowest BCUT2D eigenvalue weighted by atomic mass is 10.2. The van der Waals surface area contributed by atoms with Crippen LogP contribution in [0.25, 0.3) is 0 Å². The summed E-state index contributed by atoms with van der Waals surface area (Å²) in [6.07, 6.45) is 2.58. The highest BCUT2D eigenvalue weighted by molar-refractivity contribution is 9.10. The van der Waals surface area contributed by atoms with Gasteiger partial charge in [0.15, 0.2) is 0 Å². The summed E-state index contributed by atoms with van der Waals surface area (Å²) >= 11 is 3.13. The van der Waals surface area contributed by atoms with Crippen LogP contribution >= 0.6 is 15.9 Å². The van der Waals surface area contributed by atoms with Gasteiger partial charge < -0.3 is 10.4 Å². The van der Waals surface area contributed by atoms with E-state index in [1.165, 1.54) is 6.07 Å². The van der Waals surface area contributed by atoms with Crippen LogP contribution in [0, 0.1) is 5.82 Å². The maximum Gasteiger partial charge on any atom is 0.137 e. The monoisotopic (exact) mass is 273 g/mol. The number of halogens is 2. The van der Waals surface area contributed by atoms with Crippen LogP contribution in [0.4, 0.5) is 10.1 Å². The van der Waals surface area contributed by atoms with E-state index < -0.39 is 0 Å². The van der Waals surface area contributed by atoms with Crippen molar-refractivity contribution in [2.24, 2.45) is 0 Å². The average Bonchev–Trinajstić information content (AvgIpc) is 2.59. The van der Waals surface area contributed by atoms with Gasteiger partial charge in [-0.2, -0.15) is 0 Å². The van der Waals surface area contributed by atoms with Crippen LogP contribution in [0.3, 0.4) is 0 Å². The van der Waals surface area contributed by atoms with E-state index in [1.807, 2.05) is 0 Å². The van der Waals surface area contributed by atoms with Crippen LogP contribution in [-0.4, -0.2) is 17.3 Å². The topological polar surface area (TPSA) is 32.3 Å². The fraction of sp³-hybridized carbons (Fsp3) is 0.455. The number of aliphatic hydroxyl groups excluding tert-OH is 1. The average molecular weight is 274 g/mol. The molecule has 1 fully saturated rings. The zero-order valence-electron chi connectivity index (χ0n) is 8.21. The van der Waals surface area contributed by atoms with Crippen LogP contribution in [-0.2, 0) is 0 Å². The molecule has 0 amide bonds. The van der Waals surface area contributed by atoms with Crippen molar-refractivity contribution in [1.82, 2.24) is 0 Å². The van der Waals surface area contributed by atoms with E-state index >= 15 is 0 Å². The number of aliphatic hydroxyl groups is 1. The second-order valence-electron chi connectivity index (χ2n) is 3.88. The zero-order valence-corrected chi connectivity index (χ0v) is 9.80. The number of anilines is 1. The second-order valence-corrected chi connectivity index (χ2v) is 4.73. The van der Waals surface area contributed by atoms with E-state index in [0.717, 1.165) is 24.9 Å². The maximum absolute atomic E-state index is 13.0. The Labute approximate surface area is 96.6 Å². The molecule has 0 bridgehead atoms. The largest absolute Gasteiger partial charge is 0.391 e. The van der Waals surface area contributed by atoms with E-state index in [-0.39, 0.29) is 18.0 Å². The highest BCUT2D eigenvalue weighted by atomic mass is 79.9. The number of benzene rings is 1. The molecular weight excluding hydrogens is 261 g/mol. The third kappa shape index (κ3) is 2.49. The molecule has 82 valence electrons. The molecule has 1 aliphatic carbocycles. The molecule has 0 radical (unpaired) electrons. The van der Waals surface area contributed by atoms with Crippen molar-refractivity contribution < 1.29 is 9.50 Å². The lowest BCUT2D eigenvalue weighted by Gasteiger charge is -2.17. The van der Waals surface area contributed by atoms with Crippen molar-refractivity contribution in [3.8, 4) is 0 Å². The van der Waals surface area contributed by atoms with Gasteiger partial charge >= 0.3 is 0 Å². The van der Waals surface area contributed by atoms with Crippen LogP contribution in [0.1, 0.15) is 19.3 Å². The molecule has 2 nitrogen and oxygen atoms in total. The molecular formula is C11H13BrFNO. The first-order chi connectivity index (χ1) is 7.16. The SMILES string of the molecule is O[C@@H]1CCC[C@H]1Nc1ccc(F)c(Br)c1. The zero-order chi connectivity index (χ0) is 10.8. The summed E-state index contributed by atoms with van der Waals surface area (Å²) < 4.78 is 13.4. The van der Waals surface area contributed by atoms with Crippen molar-refractivity contribution in [1.29, 1.82) is 0 Å². The Kier molecular flexibility index (Phi) is 3.26. The van der Waals surface area contributed by atoms with E-state index in [2.05, 4.69) is 21.2 Å². The molecule has 15 heavy (non-hydrogen) atoms. The Hall–Kier alpha value is -0.610. The summed E-state index contributed by atoms with van der Waals surface area (Å²) in [5.74, 6) is -0.271. The van der Waals surface area contributed by atoms with Crippen molar-refractivity contribution in [3.05, 3.63) is 28.5 Å². The Morgan fingerprint density at radius 1 is 1.40 bits per heavy atom. The molecule has 2 N–H and O–H groups in total. The minimum absolute atomic E-state index is 0.0994. The van der Waals surface area contributed by atoms with Gasteiger partial charge in [-0.25, -0.2) is 4.39 Å². The normalized spacial score (nSPS) is 25.5. The van der Waals surface area contributed by atoms with Crippen LogP contribution in [0.2, 0.25) is 0 Å². The first kappa shape index (κ1) is 10.9. The fourth-order valence-electron chi connectivity index (χ4n) is 1.91. The number of nitrogens with one attached hydrogen (secondary N) is 1. The number of rotatable bonds is 2. The molecule has 1 aliphatic rings. The van der Waals surface area contributed by atoms with Gasteiger partial charge in [0.1, 0.15) is 5.82 Å². The van der Waals surface area contributed by atoms with Crippen molar-refractivity contribution in [2.45, 2.75) is 31.4 Å². The van der Waals surface area contributed by atoms with Crippen LogP contribution < -0.4 is 5.32 Å². The fourth-order valence-corrected chi connectivity index (χ4v) is 2.29. The molecule has 0 aliphatic heterocycles. The van der Waals surface area contributed by atoms with E-state index in [9.17, 15) is 9.50 Å². The van der Waals surface area contributed by atoms with Crippen molar-refractivity contribution in [2.75, 3.05) is 5.32 Å². The highest BCUT2D eigenvalue weighted by Crippen LogP contribution is 2.25. The van der Waals surface area contributed by atoms with Gasteiger partial charge in [-0.1, -0.05) is 0 Å². The van der Waals surface area contributed by atoms with Gasteiger partial charge in [0.05, 0.1) is 16.6 Å². The van der Waals surface area contributed by atoms with Gasteiger partial charge in [-0.3, -0.25) is 0 Å². The predicted molar refractivity (Wildman–Crippen MR) is 61.4 cm³/mol. The molecule has 2 atom stereocenters. The first-order valence-electron chi connectivity index (χ1n) is 5.06. The molecule has 0 heterocycles. The smallest absolute Gasteiger partial charge is 0.137 e. The van der Waals surface area contributed by atoms with E-state index in [4.69, 9.17) is 0 Å². The van der Waals surface area contributed by atoms with Gasteiger partial charge in [0, 0.05) is 5.69 Å². The highest BCUT2D eigenvalue weighted by Gasteiger charge is 2.24. The molecule has 0 aromatic heterocycles. The Morgan fingerprint density at radius 2 is 2.20 bits per heavy atom. The maximum atomic E-state index is 13.0. The van der Waals surface area contributed by atoms with Gasteiger partial charge in [0.2, 0.25) is 0 Å². The standard InChI is InChI=1S/C11H13BrFNO/c12-8-6-7(4-5-9(8)13)14-10-2-1-3-11(10)15/h4-6,10-11,14-15H,1-3H2/t10-,11-/m1/s1. The second kappa shape index (κ2) is 4.49. The molecule has 1 aromatic carbocycles. The van der Waals surface area contributed by atoms with Gasteiger partial charge in [-0.05, 0) is 53.4 Å². The third-order valence-electron chi connectivity index (χ3n) is 2.75. The van der Waals surface area contributed by atoms with Gasteiger partial charge in [-0.15, -0.1) is 0 Å². The minimum Gasteiger partial charge on any atom is -0.391 e. The Balaban J connectivity index is 2.07. The first-order valence-corrected chi connectivity index (χ1v) is 5.86. The molecule has 2 rings (SSSR count). The summed E-state index contributed by atoms with van der Waals surface area (Å²) in [4.78, 5) is 0. The number of hydrogen-bond acceptors (Lipinski definition) is 2. The molecule has 1 aromatic rings. The third-order valence-corrected chi connectivity index (χ3v) is 3.36. The Morgan fingerprint density at radius 3 is 2.80 bits per heavy atom.